The summed E-state index contributed by atoms with van der Waals surface area (Å²) in [5.74, 6) is 1.11. The van der Waals surface area contributed by atoms with Gasteiger partial charge in [0.25, 0.3) is 0 Å². The number of imidazole rings is 1. The Morgan fingerprint density at radius 1 is 1.21 bits per heavy atom. The number of hydrogen-bond donors (Lipinski definition) is 4. The van der Waals surface area contributed by atoms with Crippen molar-refractivity contribution in [2.24, 2.45) is 0 Å². The third-order valence-corrected chi connectivity index (χ3v) is 3.56. The van der Waals surface area contributed by atoms with Crippen LogP contribution in [0, 0.1) is 139 Å². The topological polar surface area (TPSA) is 126 Å². The summed E-state index contributed by atoms with van der Waals surface area (Å²) < 4.78 is 7.03. The zero-order valence-electron chi connectivity index (χ0n) is 13.4. The fourth-order valence-electron chi connectivity index (χ4n) is 2.50. The molecule has 4 N–H and O–H groups in total. The second kappa shape index (κ2) is 11.5. The molecule has 1 fully saturated rings. The summed E-state index contributed by atoms with van der Waals surface area (Å²) in [5, 5.41) is 32.0. The molecular weight excluding hydrogens is 959 g/mol. The van der Waals surface area contributed by atoms with E-state index in [-0.39, 0.29) is 139 Å². The number of hydrogen-bond acceptors (Lipinski definition) is 8. The number of nitrogens with zero attached hydrogens (tertiary/aromatic N) is 4. The van der Waals surface area contributed by atoms with E-state index in [4.69, 9.17) is 9.84 Å². The first-order valence-electron chi connectivity index (χ1n) is 6.58. The minimum Gasteiger partial charge on any atom is -0.394 e. The number of fused-ring (bicyclic) bond motifs is 1. The Morgan fingerprint density at radius 2 is 1.88 bits per heavy atom. The van der Waals surface area contributed by atoms with Crippen LogP contribution >= 0.6 is 0 Å². The van der Waals surface area contributed by atoms with Gasteiger partial charge >= 0.3 is 0 Å². The van der Waals surface area contributed by atoms with Crippen molar-refractivity contribution in [1.29, 1.82) is 0 Å². The number of aryl methyl sites for hydroxylation is 1. The number of ether oxygens (including phenoxy) is 1. The second-order valence-electron chi connectivity index (χ2n) is 4.92. The first-order chi connectivity index (χ1) is 10.1. The summed E-state index contributed by atoms with van der Waals surface area (Å²) in [6.07, 6.45) is -2.56. The zero-order chi connectivity index (χ0) is 15.1. The van der Waals surface area contributed by atoms with Gasteiger partial charge < -0.3 is 25.4 Å². The fourth-order valence-corrected chi connectivity index (χ4v) is 2.50. The summed E-state index contributed by atoms with van der Waals surface area (Å²) in [6.45, 7) is 1.37. The van der Waals surface area contributed by atoms with Gasteiger partial charge in [0, 0.05) is 139 Å². The average molecular weight is 976 g/mol. The van der Waals surface area contributed by atoms with E-state index < -0.39 is 24.5 Å². The van der Waals surface area contributed by atoms with E-state index in [9.17, 15) is 10.2 Å². The van der Waals surface area contributed by atoms with Crippen LogP contribution in [0.5, 0.6) is 0 Å². The van der Waals surface area contributed by atoms with Gasteiger partial charge in [-0.05, 0) is 6.92 Å². The van der Waals surface area contributed by atoms with Crippen molar-refractivity contribution in [1.82, 2.24) is 19.5 Å². The summed E-state index contributed by atoms with van der Waals surface area (Å²) in [5.41, 5.74) is 1.03. The first-order valence-corrected chi connectivity index (χ1v) is 6.58. The maximum atomic E-state index is 10.1. The molecule has 3 radical (unpaired) electrons. The molecule has 3 rings (SSSR count). The average Bonchev–Trinajstić information content (AvgIpc) is 3.01. The predicted octanol–water partition coefficient (Wildman–Crippen LogP) is -1.21. The van der Waals surface area contributed by atoms with Crippen LogP contribution in [0.15, 0.2) is 6.33 Å². The smallest absolute Gasteiger partial charge is 0.167 e. The molecular formula is C12H17Ac3N5O4. The van der Waals surface area contributed by atoms with Crippen LogP contribution in [0.2, 0.25) is 0 Å². The number of rotatable bonds is 3. The Labute approximate surface area is 246 Å². The number of aliphatic hydroxyl groups excluding tert-OH is 3. The maximum Gasteiger partial charge on any atom is 0.167 e. The summed E-state index contributed by atoms with van der Waals surface area (Å²) in [4.78, 5) is 12.8. The first kappa shape index (κ1) is 26.5. The van der Waals surface area contributed by atoms with Crippen LogP contribution in [0.1, 0.15) is 12.1 Å². The molecule has 12 heteroatoms. The van der Waals surface area contributed by atoms with Crippen molar-refractivity contribution in [3.8, 4) is 0 Å². The van der Waals surface area contributed by atoms with Crippen LogP contribution in [0.4, 0.5) is 5.82 Å². The minimum atomic E-state index is -1.17. The Hall–Kier alpha value is 2.51. The van der Waals surface area contributed by atoms with Crippen molar-refractivity contribution in [2.45, 2.75) is 31.5 Å². The molecule has 0 aromatic carbocycles. The van der Waals surface area contributed by atoms with E-state index in [1.54, 1.807) is 14.0 Å². The SMILES string of the molecule is CNc1nc(C)nc2c1ncn2C1OC(CO)C(O)C1O.[Ac].[Ac].[Ac]. The van der Waals surface area contributed by atoms with Gasteiger partial charge in [0.2, 0.25) is 0 Å². The normalized spacial score (nSPS) is 25.5. The Balaban J connectivity index is 0.00000176. The molecule has 0 spiro atoms. The number of aliphatic hydroxyl groups is 3. The summed E-state index contributed by atoms with van der Waals surface area (Å²) >= 11 is 0. The molecule has 1 aliphatic rings. The quantitative estimate of drug-likeness (QED) is 0.303. The Morgan fingerprint density at radius 3 is 2.42 bits per heavy atom. The van der Waals surface area contributed by atoms with Gasteiger partial charge in [0.1, 0.15) is 24.1 Å². The Bertz CT molecular complexity index is 673. The van der Waals surface area contributed by atoms with E-state index >= 15 is 0 Å². The zero-order valence-corrected chi connectivity index (χ0v) is 27.6. The van der Waals surface area contributed by atoms with Crippen molar-refractivity contribution in [3.05, 3.63) is 12.2 Å². The van der Waals surface area contributed by atoms with Crippen LogP contribution in [-0.2, 0) is 4.74 Å². The van der Waals surface area contributed by atoms with Crippen molar-refractivity contribution in [3.63, 3.8) is 0 Å². The van der Waals surface area contributed by atoms with Crippen LogP contribution < -0.4 is 5.32 Å². The van der Waals surface area contributed by atoms with E-state index in [0.29, 0.717) is 22.8 Å². The predicted molar refractivity (Wildman–Crippen MR) is 72.6 cm³/mol. The third kappa shape index (κ3) is 5.11. The molecule has 2 aromatic heterocycles. The number of anilines is 1. The molecule has 0 amide bonds. The van der Waals surface area contributed by atoms with Crippen LogP contribution in [-0.4, -0.2) is 66.8 Å². The molecule has 9 nitrogen and oxygen atoms in total. The molecule has 0 saturated carbocycles. The molecule has 0 bridgehead atoms. The van der Waals surface area contributed by atoms with Gasteiger partial charge in [0.05, 0.1) is 12.9 Å². The summed E-state index contributed by atoms with van der Waals surface area (Å²) in [6, 6.07) is 0. The van der Waals surface area contributed by atoms with Crippen molar-refractivity contribution in [2.75, 3.05) is 19.0 Å². The fraction of sp³-hybridized carbons (Fsp3) is 0.583. The van der Waals surface area contributed by atoms with Crippen LogP contribution in [0.25, 0.3) is 11.2 Å². The van der Waals surface area contributed by atoms with Gasteiger partial charge in [-0.15, -0.1) is 0 Å². The molecule has 2 aromatic rings. The molecule has 4 unspecified atom stereocenters. The molecule has 1 saturated heterocycles. The third-order valence-electron chi connectivity index (χ3n) is 3.56. The molecule has 4 atom stereocenters. The van der Waals surface area contributed by atoms with Gasteiger partial charge in [0.15, 0.2) is 23.2 Å². The molecule has 24 heavy (non-hydrogen) atoms. The van der Waals surface area contributed by atoms with Gasteiger partial charge in [-0.2, -0.15) is 0 Å². The largest absolute Gasteiger partial charge is 0.394 e. The molecule has 3 heterocycles. The van der Waals surface area contributed by atoms with E-state index in [2.05, 4.69) is 20.3 Å². The minimum absolute atomic E-state index is 0. The monoisotopic (exact) mass is 976 g/mol. The molecule has 0 aliphatic carbocycles. The molecule has 123 valence electrons. The van der Waals surface area contributed by atoms with Gasteiger partial charge in [-0.3, -0.25) is 4.57 Å². The van der Waals surface area contributed by atoms with Crippen molar-refractivity contribution < 1.29 is 152 Å². The molecule has 1 aliphatic heterocycles. The van der Waals surface area contributed by atoms with E-state index in [1.807, 2.05) is 0 Å². The van der Waals surface area contributed by atoms with E-state index in [1.165, 1.54) is 10.9 Å². The number of nitrogens with one attached hydrogen (secondary N) is 1. The summed E-state index contributed by atoms with van der Waals surface area (Å²) in [7, 11) is 1.73. The van der Waals surface area contributed by atoms with Gasteiger partial charge in [-0.1, -0.05) is 0 Å². The number of aromatic nitrogens is 4. The van der Waals surface area contributed by atoms with E-state index in [0.717, 1.165) is 0 Å². The standard InChI is InChI=1S/C12H17N5O4.3Ac/c1-5-15-10(13-2)7-11(16-5)17(4-14-7)12-9(20)8(19)6(3-18)21-12;;;/h4,6,8-9,12,18-20H,3H2,1-2H3,(H,13,15,16);;;. The van der Waals surface area contributed by atoms with Crippen LogP contribution in [0.3, 0.4) is 0 Å². The Kier molecular flexibility index (Phi) is 12.7. The second-order valence-corrected chi connectivity index (χ2v) is 4.92. The van der Waals surface area contributed by atoms with Gasteiger partial charge in [-0.25, -0.2) is 15.0 Å². The maximum absolute atomic E-state index is 10.1. The van der Waals surface area contributed by atoms with Crippen molar-refractivity contribution >= 4 is 17.0 Å².